The Morgan fingerprint density at radius 2 is 1.87 bits per heavy atom. The van der Waals surface area contributed by atoms with Gasteiger partial charge in [0.15, 0.2) is 0 Å². The van der Waals surface area contributed by atoms with E-state index in [2.05, 4.69) is 40.5 Å². The van der Waals surface area contributed by atoms with Crippen LogP contribution >= 0.6 is 0 Å². The van der Waals surface area contributed by atoms with E-state index in [1.165, 1.54) is 24.1 Å². The zero-order valence-electron chi connectivity index (χ0n) is 13.2. The highest BCUT2D eigenvalue weighted by atomic mass is 16.1. The number of benzene rings is 2. The summed E-state index contributed by atoms with van der Waals surface area (Å²) >= 11 is 0. The lowest BCUT2D eigenvalue weighted by Gasteiger charge is -2.23. The van der Waals surface area contributed by atoms with E-state index in [0.29, 0.717) is 12.0 Å². The highest BCUT2D eigenvalue weighted by molar-refractivity contribution is 5.94. The smallest absolute Gasteiger partial charge is 0.251 e. The van der Waals surface area contributed by atoms with Gasteiger partial charge in [0.2, 0.25) is 0 Å². The number of carbonyl (C=O) groups is 1. The number of fused-ring (bicyclic) bond motifs is 2. The van der Waals surface area contributed by atoms with E-state index in [0.717, 1.165) is 25.1 Å². The third-order valence-electron chi connectivity index (χ3n) is 5.09. The van der Waals surface area contributed by atoms with Crippen LogP contribution in [0.1, 0.15) is 27.9 Å². The Kier molecular flexibility index (Phi) is 3.88. The summed E-state index contributed by atoms with van der Waals surface area (Å²) in [6.07, 6.45) is 2.08. The van der Waals surface area contributed by atoms with E-state index in [9.17, 15) is 4.79 Å². The largest absolute Gasteiger partial charge is 0.348 e. The average molecular weight is 306 g/mol. The van der Waals surface area contributed by atoms with Crippen molar-refractivity contribution in [3.8, 4) is 0 Å². The van der Waals surface area contributed by atoms with Crippen molar-refractivity contribution in [1.82, 2.24) is 10.2 Å². The molecule has 3 heteroatoms. The molecule has 3 nitrogen and oxygen atoms in total. The molecular weight excluding hydrogens is 284 g/mol. The standard InChI is InChI=1S/C20H22N2O/c23-20(21-19-14-22-10-9-18(19)13-22)17-8-4-7-16(12-17)11-15-5-2-1-3-6-15/h1-8,12,18-19H,9-11,13-14H2,(H,21,23)/t18-,19?/m0/s1. The third kappa shape index (κ3) is 3.15. The van der Waals surface area contributed by atoms with Crippen LogP contribution in [0.3, 0.4) is 0 Å². The molecule has 0 saturated carbocycles. The molecule has 23 heavy (non-hydrogen) atoms. The number of nitrogens with one attached hydrogen (secondary N) is 1. The first-order chi connectivity index (χ1) is 11.3. The first kappa shape index (κ1) is 14.5. The van der Waals surface area contributed by atoms with Crippen molar-refractivity contribution in [2.45, 2.75) is 18.9 Å². The molecule has 2 saturated heterocycles. The summed E-state index contributed by atoms with van der Waals surface area (Å²) in [6, 6.07) is 18.7. The number of piperidine rings is 1. The van der Waals surface area contributed by atoms with E-state index >= 15 is 0 Å². The second-order valence-electron chi connectivity index (χ2n) is 6.75. The van der Waals surface area contributed by atoms with Crippen LogP contribution in [0, 0.1) is 5.92 Å². The van der Waals surface area contributed by atoms with Crippen molar-refractivity contribution < 1.29 is 4.79 Å². The van der Waals surface area contributed by atoms with Crippen molar-refractivity contribution >= 4 is 5.91 Å². The van der Waals surface area contributed by atoms with Gasteiger partial charge in [0, 0.05) is 24.7 Å². The summed E-state index contributed by atoms with van der Waals surface area (Å²) in [5.41, 5.74) is 3.22. The molecule has 2 fully saturated rings. The van der Waals surface area contributed by atoms with Gasteiger partial charge in [-0.25, -0.2) is 0 Å². The lowest BCUT2D eigenvalue weighted by Crippen LogP contribution is -2.43. The lowest BCUT2D eigenvalue weighted by molar-refractivity contribution is 0.0924. The minimum Gasteiger partial charge on any atom is -0.348 e. The van der Waals surface area contributed by atoms with Crippen LogP contribution in [0.2, 0.25) is 0 Å². The molecule has 2 unspecified atom stereocenters. The maximum atomic E-state index is 12.6. The summed E-state index contributed by atoms with van der Waals surface area (Å²) in [7, 11) is 0. The highest BCUT2D eigenvalue weighted by Crippen LogP contribution is 2.27. The van der Waals surface area contributed by atoms with E-state index in [1.54, 1.807) is 0 Å². The molecule has 2 heterocycles. The molecule has 0 aromatic heterocycles. The molecule has 2 aromatic carbocycles. The summed E-state index contributed by atoms with van der Waals surface area (Å²) in [6.45, 7) is 3.36. The number of carbonyl (C=O) groups excluding carboxylic acids is 1. The summed E-state index contributed by atoms with van der Waals surface area (Å²) in [5, 5.41) is 3.24. The van der Waals surface area contributed by atoms with E-state index in [4.69, 9.17) is 0 Å². The Bertz CT molecular complexity index is 698. The van der Waals surface area contributed by atoms with Gasteiger partial charge in [0.25, 0.3) is 5.91 Å². The topological polar surface area (TPSA) is 32.3 Å². The van der Waals surface area contributed by atoms with Gasteiger partial charge in [-0.1, -0.05) is 42.5 Å². The molecule has 1 amide bonds. The minimum absolute atomic E-state index is 0.0682. The average Bonchev–Trinajstić information content (AvgIpc) is 3.19. The van der Waals surface area contributed by atoms with Crippen LogP contribution in [-0.2, 0) is 6.42 Å². The Labute approximate surface area is 137 Å². The zero-order valence-corrected chi connectivity index (χ0v) is 13.2. The van der Waals surface area contributed by atoms with Crippen LogP contribution in [0.4, 0.5) is 0 Å². The minimum atomic E-state index is 0.0682. The van der Waals surface area contributed by atoms with Gasteiger partial charge in [-0.05, 0) is 48.6 Å². The molecule has 4 rings (SSSR count). The third-order valence-corrected chi connectivity index (χ3v) is 5.09. The Balaban J connectivity index is 1.44. The molecule has 118 valence electrons. The van der Waals surface area contributed by atoms with Gasteiger partial charge < -0.3 is 10.2 Å². The molecule has 2 aliphatic rings. The Morgan fingerprint density at radius 3 is 2.61 bits per heavy atom. The highest BCUT2D eigenvalue weighted by Gasteiger charge is 2.38. The van der Waals surface area contributed by atoms with Gasteiger partial charge in [-0.2, -0.15) is 0 Å². The van der Waals surface area contributed by atoms with Gasteiger partial charge in [0.1, 0.15) is 0 Å². The summed E-state index contributed by atoms with van der Waals surface area (Å²) in [4.78, 5) is 15.0. The van der Waals surface area contributed by atoms with Crippen molar-refractivity contribution in [3.63, 3.8) is 0 Å². The van der Waals surface area contributed by atoms with Crippen LogP contribution in [-0.4, -0.2) is 36.5 Å². The number of nitrogens with zero attached hydrogens (tertiary/aromatic N) is 1. The van der Waals surface area contributed by atoms with Crippen LogP contribution in [0.25, 0.3) is 0 Å². The predicted octanol–water partition coefficient (Wildman–Crippen LogP) is 2.71. The monoisotopic (exact) mass is 306 g/mol. The zero-order chi connectivity index (χ0) is 15.6. The second kappa shape index (κ2) is 6.17. The van der Waals surface area contributed by atoms with Crippen LogP contribution < -0.4 is 5.32 Å². The van der Waals surface area contributed by atoms with Crippen molar-refractivity contribution in [3.05, 3.63) is 71.3 Å². The van der Waals surface area contributed by atoms with Gasteiger partial charge in [-0.15, -0.1) is 0 Å². The molecule has 1 N–H and O–H groups in total. The molecule has 0 radical (unpaired) electrons. The summed E-state index contributed by atoms with van der Waals surface area (Å²) in [5.74, 6) is 0.713. The fraction of sp³-hybridized carbons (Fsp3) is 0.350. The van der Waals surface area contributed by atoms with E-state index in [1.807, 2.05) is 24.3 Å². The van der Waals surface area contributed by atoms with Crippen molar-refractivity contribution in [1.29, 1.82) is 0 Å². The maximum Gasteiger partial charge on any atom is 0.251 e. The Morgan fingerprint density at radius 1 is 1.04 bits per heavy atom. The summed E-state index contributed by atoms with van der Waals surface area (Å²) < 4.78 is 0. The fourth-order valence-electron chi connectivity index (χ4n) is 3.85. The van der Waals surface area contributed by atoms with Crippen LogP contribution in [0.5, 0.6) is 0 Å². The quantitative estimate of drug-likeness (QED) is 0.942. The maximum absolute atomic E-state index is 12.6. The molecule has 0 aliphatic carbocycles. The van der Waals surface area contributed by atoms with E-state index in [-0.39, 0.29) is 5.91 Å². The second-order valence-corrected chi connectivity index (χ2v) is 6.75. The molecule has 2 aromatic rings. The normalized spacial score (nSPS) is 25.5. The lowest BCUT2D eigenvalue weighted by atomic mass is 9.99. The molecule has 3 atom stereocenters. The number of hydrogen-bond acceptors (Lipinski definition) is 2. The van der Waals surface area contributed by atoms with Crippen molar-refractivity contribution in [2.75, 3.05) is 19.6 Å². The molecular formula is C20H22N2O. The Hall–Kier alpha value is -2.13. The molecule has 0 spiro atoms. The van der Waals surface area contributed by atoms with E-state index < -0.39 is 0 Å². The number of hydrogen-bond donors (Lipinski definition) is 1. The predicted molar refractivity (Wildman–Crippen MR) is 91.5 cm³/mol. The molecule has 2 bridgehead atoms. The first-order valence-electron chi connectivity index (χ1n) is 8.44. The number of amides is 1. The molecule has 2 aliphatic heterocycles. The van der Waals surface area contributed by atoms with Gasteiger partial charge >= 0.3 is 0 Å². The SMILES string of the molecule is O=C(NC1CN2CC[C@H]1C2)c1cccc(Cc2ccccc2)c1. The number of rotatable bonds is 4. The van der Waals surface area contributed by atoms with Gasteiger partial charge in [-0.3, -0.25) is 4.79 Å². The first-order valence-corrected chi connectivity index (χ1v) is 8.44. The van der Waals surface area contributed by atoms with Crippen LogP contribution in [0.15, 0.2) is 54.6 Å². The fourth-order valence-corrected chi connectivity index (χ4v) is 3.85. The van der Waals surface area contributed by atoms with Crippen molar-refractivity contribution in [2.24, 2.45) is 5.92 Å². The van der Waals surface area contributed by atoms with Gasteiger partial charge in [0.05, 0.1) is 0 Å².